The van der Waals surface area contributed by atoms with E-state index in [2.05, 4.69) is 4.98 Å². The van der Waals surface area contributed by atoms with Crippen LogP contribution in [0.3, 0.4) is 0 Å². The Morgan fingerprint density at radius 2 is 1.37 bits per heavy atom. The lowest BCUT2D eigenvalue weighted by Gasteiger charge is -2.67. The Morgan fingerprint density at radius 3 is 1.97 bits per heavy atom. The zero-order valence-corrected chi connectivity index (χ0v) is 35.4. The molecule has 3 heterocycles. The largest absolute Gasteiger partial charge is 0.465 e. The highest BCUT2D eigenvalue weighted by Gasteiger charge is 2.92. The molecule has 1 saturated heterocycles. The minimum atomic E-state index is -2.84. The van der Waals surface area contributed by atoms with Crippen molar-refractivity contribution in [1.29, 1.82) is 0 Å². The van der Waals surface area contributed by atoms with E-state index in [0.717, 1.165) is 41.5 Å². The molecule has 334 valence electrons. The Kier molecular flexibility index (Phi) is 12.6. The van der Waals surface area contributed by atoms with Crippen LogP contribution in [0.25, 0.3) is 0 Å². The van der Waals surface area contributed by atoms with Crippen molar-refractivity contribution < 1.29 is 86.1 Å². The van der Waals surface area contributed by atoms with Crippen LogP contribution in [0.4, 0.5) is 0 Å². The monoisotopic (exact) mass is 867 g/mol. The first-order chi connectivity index (χ1) is 29.1. The molecule has 2 aliphatic carbocycles. The zero-order valence-electron chi connectivity index (χ0n) is 35.4. The van der Waals surface area contributed by atoms with E-state index in [1.807, 2.05) is 0 Å². The fourth-order valence-corrected chi connectivity index (χ4v) is 9.73. The first kappa shape index (κ1) is 45.6. The standard InChI is InChI=1S/C43H49NO18/c1-21-16-17-29-28(15-12-18-44-29)39(52)55-19-40(7)30-31(60-38(51)27-13-10-9-11-14-27)35(58-25(5)48)42(20-54-22(2)45)36(59-26(6)49)32(56-23(3)46)34(61-37(21)50)41(8,53)43(42,62-40)33(30)57-24(4)47/h9-15,18,21,30-36,53H,16-17,19-20H2,1-8H3/t21-,30+,31-,32-,33+,34-,35+,36-,40-,41-,42+,43-/m0/s1. The van der Waals surface area contributed by atoms with Gasteiger partial charge in [0.25, 0.3) is 0 Å². The third kappa shape index (κ3) is 7.76. The van der Waals surface area contributed by atoms with Crippen LogP contribution in [0.5, 0.6) is 0 Å². The van der Waals surface area contributed by atoms with Crippen molar-refractivity contribution in [1.82, 2.24) is 4.98 Å². The lowest BCUT2D eigenvalue weighted by atomic mass is 9.45. The molecular formula is C43H49NO18. The number of aryl methyl sites for hydroxylation is 1. The average molecular weight is 868 g/mol. The third-order valence-electron chi connectivity index (χ3n) is 12.1. The van der Waals surface area contributed by atoms with Gasteiger partial charge in [0.2, 0.25) is 0 Å². The number of rotatable bonds is 8. The van der Waals surface area contributed by atoms with Crippen LogP contribution in [0.15, 0.2) is 48.7 Å². The van der Waals surface area contributed by atoms with Gasteiger partial charge in [0.05, 0.1) is 28.7 Å². The summed E-state index contributed by atoms with van der Waals surface area (Å²) in [6, 6.07) is 10.5. The molecule has 1 aromatic heterocycles. The van der Waals surface area contributed by atoms with Gasteiger partial charge in [-0.05, 0) is 51.0 Å². The molecule has 19 heteroatoms. The predicted molar refractivity (Wildman–Crippen MR) is 205 cm³/mol. The molecule has 0 amide bonds. The molecule has 1 spiro atoms. The number of ether oxygens (including phenoxy) is 9. The number of carbonyl (C=O) groups is 8. The molecular weight excluding hydrogens is 818 g/mol. The topological polar surface area (TPSA) is 253 Å². The number of benzene rings is 1. The van der Waals surface area contributed by atoms with Crippen molar-refractivity contribution in [2.45, 2.75) is 122 Å². The summed E-state index contributed by atoms with van der Waals surface area (Å²) < 4.78 is 55.3. The van der Waals surface area contributed by atoms with Gasteiger partial charge in [0.1, 0.15) is 42.0 Å². The lowest BCUT2D eigenvalue weighted by molar-refractivity contribution is -0.386. The summed E-state index contributed by atoms with van der Waals surface area (Å²) in [4.78, 5) is 113. The number of hydrogen-bond donors (Lipinski definition) is 1. The molecule has 4 aliphatic rings. The fraction of sp³-hybridized carbons (Fsp3) is 0.558. The smallest absolute Gasteiger partial charge is 0.340 e. The number of fused-ring (bicyclic) bond motifs is 5. The maximum atomic E-state index is 14.3. The van der Waals surface area contributed by atoms with Gasteiger partial charge in [0, 0.05) is 40.8 Å². The van der Waals surface area contributed by atoms with E-state index in [-0.39, 0.29) is 29.7 Å². The zero-order chi connectivity index (χ0) is 45.5. The number of nitrogens with zero attached hydrogens (tertiary/aromatic N) is 1. The van der Waals surface area contributed by atoms with E-state index in [1.165, 1.54) is 44.3 Å². The number of carbonyl (C=O) groups excluding carboxylic acids is 8. The molecule has 2 aliphatic heterocycles. The molecule has 4 bridgehead atoms. The van der Waals surface area contributed by atoms with Gasteiger partial charge in [-0.25, -0.2) is 9.59 Å². The third-order valence-corrected chi connectivity index (χ3v) is 12.1. The van der Waals surface area contributed by atoms with Crippen molar-refractivity contribution in [3.05, 3.63) is 65.5 Å². The predicted octanol–water partition coefficient (Wildman–Crippen LogP) is 2.16. The summed E-state index contributed by atoms with van der Waals surface area (Å²) in [5.74, 6) is -10.7. The molecule has 3 fully saturated rings. The second-order valence-electron chi connectivity index (χ2n) is 16.4. The fourth-order valence-electron chi connectivity index (χ4n) is 9.73. The van der Waals surface area contributed by atoms with E-state index in [1.54, 1.807) is 18.2 Å². The summed E-state index contributed by atoms with van der Waals surface area (Å²) in [6.45, 7) is 7.12. The highest BCUT2D eigenvalue weighted by molar-refractivity contribution is 5.91. The second kappa shape index (κ2) is 17.1. The summed E-state index contributed by atoms with van der Waals surface area (Å²) in [6.07, 6.45) is -10.6. The SMILES string of the molecule is CC(=O)OC[C@]12[C@H](OC(C)=O)[C@@H](OC(=O)c3ccccc3)[C@@H]3[C@@H](OC(C)=O)[C@@]14O[C@@]3(C)COC(=O)c1cccnc1CC[C@H](C)C(=O)O[C@@H]([C@H](OC(C)=O)[C@@H]2OC(C)=O)[C@]4(C)O. The van der Waals surface area contributed by atoms with Crippen LogP contribution < -0.4 is 0 Å². The Bertz CT molecular complexity index is 2140. The van der Waals surface area contributed by atoms with Gasteiger partial charge in [0.15, 0.2) is 30.0 Å². The number of esters is 8. The van der Waals surface area contributed by atoms with Gasteiger partial charge in [-0.2, -0.15) is 0 Å². The molecule has 2 saturated carbocycles. The Labute approximate surface area is 355 Å². The highest BCUT2D eigenvalue weighted by atomic mass is 16.7. The molecule has 0 unspecified atom stereocenters. The second-order valence-corrected chi connectivity index (χ2v) is 16.4. The van der Waals surface area contributed by atoms with E-state index in [4.69, 9.17) is 42.6 Å². The number of cyclic esters (lactones) is 1. The van der Waals surface area contributed by atoms with Crippen LogP contribution in [0.1, 0.15) is 88.2 Å². The van der Waals surface area contributed by atoms with Gasteiger partial charge in [-0.1, -0.05) is 25.1 Å². The molecule has 2 aromatic rings. The summed E-state index contributed by atoms with van der Waals surface area (Å²) in [5.41, 5.74) is -10.1. The highest BCUT2D eigenvalue weighted by Crippen LogP contribution is 2.70. The van der Waals surface area contributed by atoms with Crippen molar-refractivity contribution in [3.8, 4) is 0 Å². The Balaban J connectivity index is 1.78. The van der Waals surface area contributed by atoms with Gasteiger partial charge in [-0.15, -0.1) is 0 Å². The first-order valence-corrected chi connectivity index (χ1v) is 19.9. The Morgan fingerprint density at radius 1 is 0.774 bits per heavy atom. The van der Waals surface area contributed by atoms with Crippen molar-refractivity contribution in [3.63, 3.8) is 0 Å². The van der Waals surface area contributed by atoms with Crippen LogP contribution in [-0.4, -0.2) is 124 Å². The lowest BCUT2D eigenvalue weighted by Crippen LogP contribution is -2.89. The molecule has 62 heavy (non-hydrogen) atoms. The molecule has 6 rings (SSSR count). The summed E-state index contributed by atoms with van der Waals surface area (Å²) in [5, 5.41) is 13.5. The van der Waals surface area contributed by atoms with Crippen LogP contribution in [0, 0.1) is 17.3 Å². The van der Waals surface area contributed by atoms with Crippen molar-refractivity contribution in [2.75, 3.05) is 13.2 Å². The van der Waals surface area contributed by atoms with E-state index < -0.39 is 132 Å². The molecule has 12 atom stereocenters. The molecule has 1 aromatic carbocycles. The molecule has 1 N–H and O–H groups in total. The van der Waals surface area contributed by atoms with E-state index in [9.17, 15) is 43.5 Å². The van der Waals surface area contributed by atoms with E-state index in [0.29, 0.717) is 0 Å². The minimum Gasteiger partial charge on any atom is -0.465 e. The van der Waals surface area contributed by atoms with Crippen LogP contribution in [-0.2, 0) is 77.8 Å². The van der Waals surface area contributed by atoms with Crippen molar-refractivity contribution in [2.24, 2.45) is 17.3 Å². The molecule has 0 radical (unpaired) electrons. The average Bonchev–Trinajstić information content (AvgIpc) is 3.41. The van der Waals surface area contributed by atoms with Gasteiger partial charge < -0.3 is 47.7 Å². The van der Waals surface area contributed by atoms with E-state index >= 15 is 0 Å². The van der Waals surface area contributed by atoms with Crippen molar-refractivity contribution >= 4 is 47.8 Å². The minimum absolute atomic E-state index is 0.0133. The first-order valence-electron chi connectivity index (χ1n) is 19.9. The summed E-state index contributed by atoms with van der Waals surface area (Å²) >= 11 is 0. The maximum Gasteiger partial charge on any atom is 0.340 e. The van der Waals surface area contributed by atoms with Gasteiger partial charge >= 0.3 is 47.8 Å². The van der Waals surface area contributed by atoms with Crippen LogP contribution >= 0.6 is 0 Å². The maximum absolute atomic E-state index is 14.3. The molecule has 19 nitrogen and oxygen atoms in total. The van der Waals surface area contributed by atoms with Crippen LogP contribution in [0.2, 0.25) is 0 Å². The van der Waals surface area contributed by atoms with Gasteiger partial charge in [-0.3, -0.25) is 33.8 Å². The number of pyridine rings is 1. The normalized spacial score (nSPS) is 35.0. The number of aromatic nitrogens is 1. The quantitative estimate of drug-likeness (QED) is 0.295. The summed E-state index contributed by atoms with van der Waals surface area (Å²) in [7, 11) is 0. The number of aliphatic hydroxyl groups is 1. The number of hydrogen-bond acceptors (Lipinski definition) is 19. The Hall–Kier alpha value is -5.95.